The van der Waals surface area contributed by atoms with Gasteiger partial charge in [0.15, 0.2) is 5.79 Å². The van der Waals surface area contributed by atoms with E-state index < -0.39 is 15.8 Å². The molecule has 2 aliphatic rings. The van der Waals surface area contributed by atoms with E-state index in [0.29, 0.717) is 50.4 Å². The van der Waals surface area contributed by atoms with Gasteiger partial charge in [-0.15, -0.1) is 0 Å². The molecule has 0 unspecified atom stereocenters. The maximum atomic E-state index is 13.0. The fourth-order valence-electron chi connectivity index (χ4n) is 3.65. The Labute approximate surface area is 189 Å². The zero-order chi connectivity index (χ0) is 21.4. The van der Waals surface area contributed by atoms with Crippen LogP contribution in [0.2, 0.25) is 0 Å². The second-order valence-electron chi connectivity index (χ2n) is 7.45. The van der Waals surface area contributed by atoms with Gasteiger partial charge in [-0.25, -0.2) is 8.42 Å². The number of ether oxygens (including phenoxy) is 2. The molecule has 2 aromatic carbocycles. The number of rotatable bonds is 4. The lowest BCUT2D eigenvalue weighted by molar-refractivity contribution is -0.179. The molecule has 160 valence electrons. The van der Waals surface area contributed by atoms with Gasteiger partial charge in [0.2, 0.25) is 10.0 Å². The number of piperidine rings is 1. The number of carbonyl (C=O) groups excluding carboxylic acids is 1. The highest BCUT2D eigenvalue weighted by molar-refractivity contribution is 14.1. The largest absolute Gasteiger partial charge is 0.347 e. The summed E-state index contributed by atoms with van der Waals surface area (Å²) in [4.78, 5) is 12.7. The highest BCUT2D eigenvalue weighted by atomic mass is 127. The predicted octanol–water partition coefficient (Wildman–Crippen LogP) is 3.38. The van der Waals surface area contributed by atoms with Gasteiger partial charge in [0.1, 0.15) is 0 Å². The van der Waals surface area contributed by atoms with E-state index in [0.717, 1.165) is 9.13 Å². The number of hydrogen-bond donors (Lipinski definition) is 1. The number of sulfonamides is 1. The van der Waals surface area contributed by atoms with Crippen LogP contribution in [0.3, 0.4) is 0 Å². The van der Waals surface area contributed by atoms with E-state index in [9.17, 15) is 13.2 Å². The highest BCUT2D eigenvalue weighted by Gasteiger charge is 2.42. The van der Waals surface area contributed by atoms with Crippen molar-refractivity contribution in [2.75, 3.05) is 31.6 Å². The van der Waals surface area contributed by atoms with Crippen LogP contribution in [0.15, 0.2) is 47.4 Å². The van der Waals surface area contributed by atoms with Crippen molar-refractivity contribution in [3.05, 3.63) is 57.2 Å². The van der Waals surface area contributed by atoms with E-state index in [1.54, 1.807) is 18.2 Å². The number of hydrogen-bond acceptors (Lipinski definition) is 5. The number of carbonyl (C=O) groups is 1. The maximum absolute atomic E-state index is 13.0. The predicted molar refractivity (Wildman–Crippen MR) is 121 cm³/mol. The molecule has 0 bridgehead atoms. The second-order valence-corrected chi connectivity index (χ2v) is 10.6. The van der Waals surface area contributed by atoms with Crippen LogP contribution in [0.5, 0.6) is 0 Å². The van der Waals surface area contributed by atoms with Crippen molar-refractivity contribution >= 4 is 44.2 Å². The van der Waals surface area contributed by atoms with Crippen molar-refractivity contribution in [3.8, 4) is 0 Å². The van der Waals surface area contributed by atoms with Gasteiger partial charge in [-0.3, -0.25) is 4.79 Å². The van der Waals surface area contributed by atoms with Crippen LogP contribution in [0.4, 0.5) is 5.69 Å². The van der Waals surface area contributed by atoms with Crippen molar-refractivity contribution in [2.45, 2.75) is 30.4 Å². The van der Waals surface area contributed by atoms with Crippen molar-refractivity contribution in [1.82, 2.24) is 4.31 Å². The summed E-state index contributed by atoms with van der Waals surface area (Å²) in [6.45, 7) is 3.81. The van der Waals surface area contributed by atoms with Crippen molar-refractivity contribution in [1.29, 1.82) is 0 Å². The number of benzene rings is 2. The van der Waals surface area contributed by atoms with Gasteiger partial charge in [-0.2, -0.15) is 4.31 Å². The molecule has 0 radical (unpaired) electrons. The molecular weight excluding hydrogens is 519 g/mol. The van der Waals surface area contributed by atoms with Crippen LogP contribution in [-0.2, 0) is 19.5 Å². The van der Waals surface area contributed by atoms with Gasteiger partial charge in [0.25, 0.3) is 5.91 Å². The van der Waals surface area contributed by atoms with Crippen LogP contribution < -0.4 is 5.32 Å². The molecule has 2 heterocycles. The molecule has 2 aliphatic heterocycles. The molecule has 4 rings (SSSR count). The zero-order valence-corrected chi connectivity index (χ0v) is 19.5. The zero-order valence-electron chi connectivity index (χ0n) is 16.6. The lowest BCUT2D eigenvalue weighted by atomic mass is 10.1. The minimum absolute atomic E-state index is 0.203. The molecule has 1 amide bonds. The van der Waals surface area contributed by atoms with E-state index in [-0.39, 0.29) is 10.8 Å². The lowest BCUT2D eigenvalue weighted by Gasteiger charge is -2.36. The number of amides is 1. The fourth-order valence-corrected chi connectivity index (χ4v) is 5.61. The molecule has 2 fully saturated rings. The van der Waals surface area contributed by atoms with E-state index in [1.165, 1.54) is 16.4 Å². The third-order valence-corrected chi connectivity index (χ3v) is 8.56. The molecule has 9 heteroatoms. The average molecular weight is 542 g/mol. The van der Waals surface area contributed by atoms with Crippen molar-refractivity contribution in [3.63, 3.8) is 0 Å². The van der Waals surface area contributed by atoms with E-state index in [1.807, 2.05) is 19.1 Å². The number of nitrogens with zero attached hydrogens (tertiary/aromatic N) is 1. The van der Waals surface area contributed by atoms with Gasteiger partial charge in [0, 0.05) is 40.8 Å². The number of aryl methyl sites for hydroxylation is 1. The monoisotopic (exact) mass is 542 g/mol. The summed E-state index contributed by atoms with van der Waals surface area (Å²) in [6.07, 6.45) is 1.05. The standard InChI is InChI=1S/C21H23IN2O5S/c1-15-2-3-16(14-19(15)22)20(25)23-17-4-6-18(7-5-17)30(26,27)24-10-8-21(9-11-24)28-12-13-29-21/h2-7,14H,8-13H2,1H3,(H,23,25). The first-order chi connectivity index (χ1) is 14.3. The van der Waals surface area contributed by atoms with E-state index in [2.05, 4.69) is 27.9 Å². The van der Waals surface area contributed by atoms with Gasteiger partial charge >= 0.3 is 0 Å². The summed E-state index contributed by atoms with van der Waals surface area (Å²) in [6, 6.07) is 11.8. The third-order valence-electron chi connectivity index (χ3n) is 5.48. The van der Waals surface area contributed by atoms with Gasteiger partial charge in [-0.05, 0) is 71.5 Å². The van der Waals surface area contributed by atoms with Crippen molar-refractivity contribution in [2.24, 2.45) is 0 Å². The first kappa shape index (κ1) is 21.7. The molecule has 1 spiro atoms. The highest BCUT2D eigenvalue weighted by Crippen LogP contribution is 2.33. The Balaban J connectivity index is 1.42. The first-order valence-electron chi connectivity index (χ1n) is 9.75. The SMILES string of the molecule is Cc1ccc(C(=O)Nc2ccc(S(=O)(=O)N3CCC4(CC3)OCCO4)cc2)cc1I. The third kappa shape index (κ3) is 4.40. The maximum Gasteiger partial charge on any atom is 0.255 e. The summed E-state index contributed by atoms with van der Waals surface area (Å²) in [5, 5.41) is 2.81. The summed E-state index contributed by atoms with van der Waals surface area (Å²) in [5.74, 6) is -0.852. The Bertz CT molecular complexity index is 1040. The molecule has 0 aromatic heterocycles. The molecule has 0 atom stereocenters. The smallest absolute Gasteiger partial charge is 0.255 e. The van der Waals surface area contributed by atoms with Crippen LogP contribution in [0.1, 0.15) is 28.8 Å². The van der Waals surface area contributed by atoms with Gasteiger partial charge in [0.05, 0.1) is 18.1 Å². The van der Waals surface area contributed by atoms with Crippen LogP contribution in [0, 0.1) is 10.5 Å². The van der Waals surface area contributed by atoms with E-state index in [4.69, 9.17) is 9.47 Å². The summed E-state index contributed by atoms with van der Waals surface area (Å²) < 4.78 is 39.8. The number of nitrogens with one attached hydrogen (secondary N) is 1. The minimum atomic E-state index is -3.61. The molecule has 30 heavy (non-hydrogen) atoms. The topological polar surface area (TPSA) is 84.9 Å². The molecule has 1 N–H and O–H groups in total. The molecule has 7 nitrogen and oxygen atoms in total. The summed E-state index contributed by atoms with van der Waals surface area (Å²) in [7, 11) is -3.61. The Morgan fingerprint density at radius 2 is 1.70 bits per heavy atom. The van der Waals surface area contributed by atoms with Crippen molar-refractivity contribution < 1.29 is 22.7 Å². The van der Waals surface area contributed by atoms with Gasteiger partial charge in [-0.1, -0.05) is 6.07 Å². The second kappa shape index (κ2) is 8.54. The Kier molecular flexibility index (Phi) is 6.18. The summed E-state index contributed by atoms with van der Waals surface area (Å²) in [5.41, 5.74) is 2.21. The number of anilines is 1. The molecular formula is C21H23IN2O5S. The van der Waals surface area contributed by atoms with Crippen LogP contribution in [0.25, 0.3) is 0 Å². The molecule has 0 aliphatic carbocycles. The Morgan fingerprint density at radius 3 is 2.30 bits per heavy atom. The Hall–Kier alpha value is -1.53. The quantitative estimate of drug-likeness (QED) is 0.600. The first-order valence-corrected chi connectivity index (χ1v) is 12.3. The number of halogens is 1. The van der Waals surface area contributed by atoms with Gasteiger partial charge < -0.3 is 14.8 Å². The normalized spacial score (nSPS) is 19.1. The molecule has 2 aromatic rings. The molecule has 2 saturated heterocycles. The van der Waals surface area contributed by atoms with Crippen LogP contribution in [-0.4, -0.2) is 50.7 Å². The lowest BCUT2D eigenvalue weighted by Crippen LogP contribution is -2.47. The Morgan fingerprint density at radius 1 is 1.07 bits per heavy atom. The van der Waals surface area contributed by atoms with Crippen LogP contribution >= 0.6 is 22.6 Å². The van der Waals surface area contributed by atoms with E-state index >= 15 is 0 Å². The summed E-state index contributed by atoms with van der Waals surface area (Å²) >= 11 is 2.19. The molecule has 0 saturated carbocycles. The minimum Gasteiger partial charge on any atom is -0.347 e. The average Bonchev–Trinajstić information content (AvgIpc) is 3.18. The fraction of sp³-hybridized carbons (Fsp3) is 0.381.